The number of rotatable bonds is 6. The summed E-state index contributed by atoms with van der Waals surface area (Å²) < 4.78 is 36.0. The van der Waals surface area contributed by atoms with Gasteiger partial charge in [0.05, 0.1) is 22.7 Å². The highest BCUT2D eigenvalue weighted by Gasteiger charge is 2.30. The highest BCUT2D eigenvalue weighted by Crippen LogP contribution is 2.35. The Balaban J connectivity index is 2.16. The molecule has 166 valence electrons. The Bertz CT molecular complexity index is 1230. The van der Waals surface area contributed by atoms with Gasteiger partial charge >= 0.3 is 6.09 Å². The number of hydrogen-bond donors (Lipinski definition) is 0. The molecule has 12 heteroatoms. The first-order valence-electron chi connectivity index (χ1n) is 9.06. The monoisotopic (exact) mass is 486 g/mol. The lowest BCUT2D eigenvalue weighted by Gasteiger charge is -2.23. The van der Waals surface area contributed by atoms with Crippen LogP contribution < -0.4 is 9.64 Å². The third-order valence-corrected chi connectivity index (χ3v) is 6.15. The maximum Gasteiger partial charge on any atom is 0.423 e. The molecule has 3 rings (SSSR count). The van der Waals surface area contributed by atoms with E-state index in [1.165, 1.54) is 36.0 Å². The summed E-state index contributed by atoms with van der Waals surface area (Å²) in [4.78, 5) is 18.5. The molecule has 3 aromatic rings. The topological polar surface area (TPSA) is 103 Å². The van der Waals surface area contributed by atoms with Crippen LogP contribution in [0.5, 0.6) is 5.75 Å². The molecule has 0 saturated carbocycles. The quantitative estimate of drug-likeness (QED) is 0.478. The van der Waals surface area contributed by atoms with Crippen LogP contribution in [0.1, 0.15) is 13.8 Å². The summed E-state index contributed by atoms with van der Waals surface area (Å²) in [6.07, 6.45) is 1.74. The van der Waals surface area contributed by atoms with Crippen LogP contribution in [0.25, 0.3) is 5.65 Å². The number of carbonyl (C=O) groups excluding carboxylic acids is 1. The summed E-state index contributed by atoms with van der Waals surface area (Å²) in [7, 11) is -2.15. The fourth-order valence-electron chi connectivity index (χ4n) is 2.59. The van der Waals surface area contributed by atoms with E-state index in [0.717, 1.165) is 11.2 Å². The number of alkyl halides is 1. The molecule has 0 saturated heterocycles. The lowest BCUT2D eigenvalue weighted by molar-refractivity contribution is 0.122. The summed E-state index contributed by atoms with van der Waals surface area (Å²) in [6.45, 7) is 3.59. The second-order valence-electron chi connectivity index (χ2n) is 6.98. The standard InChI is InChI=1S/C19H20Cl2N4O5S/c1-11(2)17(21)30-19(26)25(18-22-16-8-5-12(20)10-24(16)23-18)14-7-6-13(31(4,27)28)9-15(14)29-3/h5-11,17H,1-4H3. The van der Waals surface area contributed by atoms with E-state index in [4.69, 9.17) is 32.7 Å². The lowest BCUT2D eigenvalue weighted by atomic mass is 10.2. The number of halogens is 2. The lowest BCUT2D eigenvalue weighted by Crippen LogP contribution is -2.32. The Labute approximate surface area is 189 Å². The van der Waals surface area contributed by atoms with Crippen LogP contribution in [-0.4, -0.2) is 48.0 Å². The number of carbonyl (C=O) groups is 1. The SMILES string of the molecule is COc1cc(S(C)(=O)=O)ccc1N(C(=O)OC(Cl)C(C)C)c1nc2ccc(Cl)cn2n1. The minimum Gasteiger partial charge on any atom is -0.495 e. The third-order valence-electron chi connectivity index (χ3n) is 4.22. The van der Waals surface area contributed by atoms with Crippen molar-refractivity contribution in [3.63, 3.8) is 0 Å². The molecule has 1 aromatic carbocycles. The van der Waals surface area contributed by atoms with Crippen molar-refractivity contribution in [1.82, 2.24) is 14.6 Å². The van der Waals surface area contributed by atoms with Gasteiger partial charge in [0, 0.05) is 24.4 Å². The first-order chi connectivity index (χ1) is 14.5. The Morgan fingerprint density at radius 3 is 2.55 bits per heavy atom. The van der Waals surface area contributed by atoms with Crippen molar-refractivity contribution in [1.29, 1.82) is 0 Å². The van der Waals surface area contributed by atoms with Gasteiger partial charge in [-0.25, -0.2) is 22.6 Å². The van der Waals surface area contributed by atoms with Gasteiger partial charge in [-0.2, -0.15) is 4.98 Å². The van der Waals surface area contributed by atoms with E-state index in [1.807, 2.05) is 0 Å². The number of methoxy groups -OCH3 is 1. The van der Waals surface area contributed by atoms with Gasteiger partial charge in [0.2, 0.25) is 0 Å². The average Bonchev–Trinajstić information content (AvgIpc) is 3.09. The number of amides is 1. The molecule has 1 atom stereocenters. The second-order valence-corrected chi connectivity index (χ2v) is 9.86. The fourth-order valence-corrected chi connectivity index (χ4v) is 3.46. The van der Waals surface area contributed by atoms with Crippen molar-refractivity contribution in [2.45, 2.75) is 24.3 Å². The van der Waals surface area contributed by atoms with Gasteiger partial charge in [-0.15, -0.1) is 5.10 Å². The van der Waals surface area contributed by atoms with E-state index >= 15 is 0 Å². The minimum absolute atomic E-state index is 0.0218. The number of ether oxygens (including phenoxy) is 2. The third kappa shape index (κ3) is 5.03. The molecule has 0 radical (unpaired) electrons. The van der Waals surface area contributed by atoms with Gasteiger partial charge < -0.3 is 9.47 Å². The van der Waals surface area contributed by atoms with E-state index in [-0.39, 0.29) is 28.2 Å². The van der Waals surface area contributed by atoms with Crippen molar-refractivity contribution in [3.05, 3.63) is 41.6 Å². The minimum atomic E-state index is -3.50. The molecule has 2 heterocycles. The zero-order valence-corrected chi connectivity index (χ0v) is 19.4. The maximum absolute atomic E-state index is 13.1. The van der Waals surface area contributed by atoms with Crippen LogP contribution in [0.2, 0.25) is 5.02 Å². The summed E-state index contributed by atoms with van der Waals surface area (Å²) in [5.41, 5.74) is -0.313. The number of fused-ring (bicyclic) bond motifs is 1. The second kappa shape index (κ2) is 8.89. The summed E-state index contributed by atoms with van der Waals surface area (Å²) in [6, 6.07) is 7.32. The van der Waals surface area contributed by atoms with Crippen LogP contribution in [0.3, 0.4) is 0 Å². The molecule has 0 aliphatic rings. The molecule has 0 bridgehead atoms. The van der Waals surface area contributed by atoms with Crippen LogP contribution >= 0.6 is 23.2 Å². The summed E-state index contributed by atoms with van der Waals surface area (Å²) in [5, 5.41) is 4.72. The van der Waals surface area contributed by atoms with E-state index < -0.39 is 21.5 Å². The molecule has 31 heavy (non-hydrogen) atoms. The van der Waals surface area contributed by atoms with Crippen LogP contribution in [0.15, 0.2) is 41.4 Å². The summed E-state index contributed by atoms with van der Waals surface area (Å²) >= 11 is 12.2. The van der Waals surface area contributed by atoms with E-state index in [2.05, 4.69) is 10.1 Å². The molecule has 0 fully saturated rings. The van der Waals surface area contributed by atoms with Crippen LogP contribution in [0, 0.1) is 5.92 Å². The first-order valence-corrected chi connectivity index (χ1v) is 11.8. The van der Waals surface area contributed by atoms with Crippen molar-refractivity contribution in [2.24, 2.45) is 5.92 Å². The molecule has 0 aliphatic carbocycles. The number of hydrogen-bond acceptors (Lipinski definition) is 7. The highest BCUT2D eigenvalue weighted by atomic mass is 35.5. The number of anilines is 2. The molecule has 0 spiro atoms. The normalized spacial score (nSPS) is 12.7. The van der Waals surface area contributed by atoms with E-state index in [0.29, 0.717) is 10.7 Å². The molecular formula is C19H20Cl2N4O5S. The zero-order valence-electron chi connectivity index (χ0n) is 17.1. The van der Waals surface area contributed by atoms with Gasteiger partial charge in [0.15, 0.2) is 21.0 Å². The molecule has 0 aliphatic heterocycles. The number of benzene rings is 1. The first kappa shape index (κ1) is 23.1. The molecule has 1 amide bonds. The largest absolute Gasteiger partial charge is 0.495 e. The average molecular weight is 487 g/mol. The number of nitrogens with zero attached hydrogens (tertiary/aromatic N) is 4. The Morgan fingerprint density at radius 2 is 1.94 bits per heavy atom. The van der Waals surface area contributed by atoms with Crippen LogP contribution in [-0.2, 0) is 14.6 Å². The van der Waals surface area contributed by atoms with Crippen LogP contribution in [0.4, 0.5) is 16.4 Å². The molecular weight excluding hydrogens is 467 g/mol. The van der Waals surface area contributed by atoms with Gasteiger partial charge in [0.1, 0.15) is 5.75 Å². The zero-order chi connectivity index (χ0) is 22.9. The van der Waals surface area contributed by atoms with Crippen molar-refractivity contribution >= 4 is 56.4 Å². The Kier molecular flexibility index (Phi) is 6.63. The fraction of sp³-hybridized carbons (Fsp3) is 0.316. The Morgan fingerprint density at radius 1 is 1.23 bits per heavy atom. The predicted molar refractivity (Wildman–Crippen MR) is 117 cm³/mol. The molecule has 9 nitrogen and oxygen atoms in total. The van der Waals surface area contributed by atoms with Crippen molar-refractivity contribution in [3.8, 4) is 5.75 Å². The number of sulfone groups is 1. The van der Waals surface area contributed by atoms with Crippen molar-refractivity contribution < 1.29 is 22.7 Å². The maximum atomic E-state index is 13.1. The predicted octanol–water partition coefficient (Wildman–Crippen LogP) is 4.29. The van der Waals surface area contributed by atoms with E-state index in [9.17, 15) is 13.2 Å². The van der Waals surface area contributed by atoms with E-state index in [1.54, 1.807) is 26.0 Å². The summed E-state index contributed by atoms with van der Waals surface area (Å²) in [5.74, 6) is -0.0902. The number of aromatic nitrogens is 3. The molecule has 1 unspecified atom stereocenters. The Hall–Kier alpha value is -2.56. The number of pyridine rings is 1. The molecule has 2 aromatic heterocycles. The van der Waals surface area contributed by atoms with Gasteiger partial charge in [0.25, 0.3) is 5.95 Å². The van der Waals surface area contributed by atoms with Gasteiger partial charge in [-0.3, -0.25) is 0 Å². The van der Waals surface area contributed by atoms with Crippen molar-refractivity contribution in [2.75, 3.05) is 18.3 Å². The van der Waals surface area contributed by atoms with Gasteiger partial charge in [-0.05, 0) is 24.3 Å². The molecule has 0 N–H and O–H groups in total. The van der Waals surface area contributed by atoms with Gasteiger partial charge in [-0.1, -0.05) is 37.0 Å². The highest BCUT2D eigenvalue weighted by molar-refractivity contribution is 7.90. The smallest absolute Gasteiger partial charge is 0.423 e.